The van der Waals surface area contributed by atoms with Crippen LogP contribution in [0, 0.1) is 11.3 Å². The third-order valence-corrected chi connectivity index (χ3v) is 2.99. The number of nitrogens with zero attached hydrogens (tertiary/aromatic N) is 1. The second-order valence-electron chi connectivity index (χ2n) is 4.49. The Morgan fingerprint density at radius 2 is 2.07 bits per heavy atom. The molecule has 0 bridgehead atoms. The maximum absolute atomic E-state index is 8.82. The van der Waals surface area contributed by atoms with Gasteiger partial charge in [-0.25, -0.2) is 0 Å². The van der Waals surface area contributed by atoms with Crippen LogP contribution in [0.3, 0.4) is 0 Å². The van der Waals surface area contributed by atoms with Crippen LogP contribution in [0.15, 0.2) is 23.8 Å². The Hall–Kier alpha value is -1.75. The van der Waals surface area contributed by atoms with Crippen molar-refractivity contribution in [1.82, 2.24) is 0 Å². The SMILES string of the molecule is CC1=Cc2cc(C#N)ccc2NC1(C)C. The smallest absolute Gasteiger partial charge is 0.0991 e. The molecule has 0 radical (unpaired) electrons. The van der Waals surface area contributed by atoms with Gasteiger partial charge in [-0.3, -0.25) is 0 Å². The van der Waals surface area contributed by atoms with Gasteiger partial charge in [0.1, 0.15) is 0 Å². The van der Waals surface area contributed by atoms with E-state index in [-0.39, 0.29) is 5.54 Å². The molecule has 2 nitrogen and oxygen atoms in total. The first-order chi connectivity index (χ1) is 7.03. The highest BCUT2D eigenvalue weighted by Crippen LogP contribution is 2.33. The number of hydrogen-bond acceptors (Lipinski definition) is 2. The number of rotatable bonds is 0. The molecule has 76 valence electrons. The number of anilines is 1. The highest BCUT2D eigenvalue weighted by atomic mass is 15.0. The van der Waals surface area contributed by atoms with Crippen molar-refractivity contribution in [3.05, 3.63) is 34.9 Å². The predicted molar refractivity (Wildman–Crippen MR) is 62.5 cm³/mol. The lowest BCUT2D eigenvalue weighted by molar-refractivity contribution is 0.664. The molecule has 0 saturated heterocycles. The molecule has 0 unspecified atom stereocenters. The van der Waals surface area contributed by atoms with Gasteiger partial charge >= 0.3 is 0 Å². The van der Waals surface area contributed by atoms with Crippen molar-refractivity contribution in [2.75, 3.05) is 5.32 Å². The van der Waals surface area contributed by atoms with Gasteiger partial charge in [0.25, 0.3) is 0 Å². The van der Waals surface area contributed by atoms with E-state index < -0.39 is 0 Å². The molecule has 0 saturated carbocycles. The van der Waals surface area contributed by atoms with Crippen molar-refractivity contribution in [1.29, 1.82) is 5.26 Å². The van der Waals surface area contributed by atoms with Crippen molar-refractivity contribution in [3.8, 4) is 6.07 Å². The summed E-state index contributed by atoms with van der Waals surface area (Å²) in [5.74, 6) is 0. The molecule has 1 N–H and O–H groups in total. The lowest BCUT2D eigenvalue weighted by Gasteiger charge is -2.33. The van der Waals surface area contributed by atoms with Crippen molar-refractivity contribution in [2.24, 2.45) is 0 Å². The van der Waals surface area contributed by atoms with Crippen LogP contribution in [0.2, 0.25) is 0 Å². The van der Waals surface area contributed by atoms with E-state index in [9.17, 15) is 0 Å². The van der Waals surface area contributed by atoms with Gasteiger partial charge in [0.05, 0.1) is 17.2 Å². The topological polar surface area (TPSA) is 35.8 Å². The Kier molecular flexibility index (Phi) is 2.04. The Morgan fingerprint density at radius 1 is 1.33 bits per heavy atom. The van der Waals surface area contributed by atoms with Gasteiger partial charge in [-0.05, 0) is 50.1 Å². The molecule has 2 rings (SSSR count). The standard InChI is InChI=1S/C13H14N2/c1-9-6-11-7-10(8-14)4-5-12(11)15-13(9,2)3/h4-7,15H,1-3H3. The molecule has 1 aliphatic heterocycles. The predicted octanol–water partition coefficient (Wildman–Crippen LogP) is 3.17. The van der Waals surface area contributed by atoms with Gasteiger partial charge in [0, 0.05) is 5.69 Å². The Morgan fingerprint density at radius 3 is 2.73 bits per heavy atom. The van der Waals surface area contributed by atoms with Crippen LogP contribution in [0.5, 0.6) is 0 Å². The number of benzene rings is 1. The Labute approximate surface area is 90.2 Å². The molecular formula is C13H14N2. The van der Waals surface area contributed by atoms with Crippen LogP contribution in [0.1, 0.15) is 31.9 Å². The fourth-order valence-corrected chi connectivity index (χ4v) is 1.71. The Balaban J connectivity index is 2.54. The van der Waals surface area contributed by atoms with Crippen LogP contribution < -0.4 is 5.32 Å². The molecule has 0 spiro atoms. The molecule has 1 heterocycles. The minimum absolute atomic E-state index is 0.00115. The maximum atomic E-state index is 8.82. The van der Waals surface area contributed by atoms with Crippen LogP contribution in [-0.4, -0.2) is 5.54 Å². The molecule has 0 aliphatic carbocycles. The van der Waals surface area contributed by atoms with E-state index in [0.717, 1.165) is 11.3 Å². The van der Waals surface area contributed by atoms with Crippen LogP contribution in [-0.2, 0) is 0 Å². The number of nitriles is 1. The average Bonchev–Trinajstić information content (AvgIpc) is 2.19. The first-order valence-electron chi connectivity index (χ1n) is 5.04. The van der Waals surface area contributed by atoms with Crippen molar-refractivity contribution >= 4 is 11.8 Å². The molecule has 1 aromatic carbocycles. The molecule has 0 atom stereocenters. The molecular weight excluding hydrogens is 184 g/mol. The van der Waals surface area contributed by atoms with Gasteiger partial charge < -0.3 is 5.32 Å². The first kappa shape index (κ1) is 9.79. The zero-order valence-electron chi connectivity index (χ0n) is 9.26. The highest BCUT2D eigenvalue weighted by molar-refractivity contribution is 5.75. The van der Waals surface area contributed by atoms with Crippen molar-refractivity contribution in [2.45, 2.75) is 26.3 Å². The summed E-state index contributed by atoms with van der Waals surface area (Å²) < 4.78 is 0. The summed E-state index contributed by atoms with van der Waals surface area (Å²) in [4.78, 5) is 0. The fourth-order valence-electron chi connectivity index (χ4n) is 1.71. The molecule has 0 fully saturated rings. The normalized spacial score (nSPS) is 17.1. The van der Waals surface area contributed by atoms with Crippen LogP contribution in [0.4, 0.5) is 5.69 Å². The van der Waals surface area contributed by atoms with Crippen LogP contribution in [0.25, 0.3) is 6.08 Å². The molecule has 15 heavy (non-hydrogen) atoms. The summed E-state index contributed by atoms with van der Waals surface area (Å²) in [5.41, 5.74) is 4.20. The number of nitrogens with one attached hydrogen (secondary N) is 1. The fraction of sp³-hybridized carbons (Fsp3) is 0.308. The summed E-state index contributed by atoms with van der Waals surface area (Å²) in [6, 6.07) is 7.89. The molecule has 0 aromatic heterocycles. The number of fused-ring (bicyclic) bond motifs is 1. The number of hydrogen-bond donors (Lipinski definition) is 1. The summed E-state index contributed by atoms with van der Waals surface area (Å²) in [5, 5.41) is 12.3. The van der Waals surface area contributed by atoms with E-state index in [2.05, 4.69) is 38.2 Å². The summed E-state index contributed by atoms with van der Waals surface area (Å²) in [6.45, 7) is 6.41. The lowest BCUT2D eigenvalue weighted by atomic mass is 9.88. The Bertz CT molecular complexity index is 476. The van der Waals surface area contributed by atoms with E-state index in [1.54, 1.807) is 0 Å². The molecule has 2 heteroatoms. The van der Waals surface area contributed by atoms with E-state index >= 15 is 0 Å². The second kappa shape index (κ2) is 3.13. The lowest BCUT2D eigenvalue weighted by Crippen LogP contribution is -2.34. The zero-order valence-corrected chi connectivity index (χ0v) is 9.26. The average molecular weight is 198 g/mol. The van der Waals surface area contributed by atoms with Crippen molar-refractivity contribution < 1.29 is 0 Å². The van der Waals surface area contributed by atoms with E-state index in [4.69, 9.17) is 5.26 Å². The molecule has 1 aromatic rings. The van der Waals surface area contributed by atoms with Crippen LogP contribution >= 0.6 is 0 Å². The van der Waals surface area contributed by atoms with E-state index in [1.165, 1.54) is 5.57 Å². The second-order valence-corrected chi connectivity index (χ2v) is 4.49. The highest BCUT2D eigenvalue weighted by Gasteiger charge is 2.24. The maximum Gasteiger partial charge on any atom is 0.0991 e. The third kappa shape index (κ3) is 1.61. The van der Waals surface area contributed by atoms with E-state index in [1.807, 2.05) is 18.2 Å². The molecule has 0 amide bonds. The van der Waals surface area contributed by atoms with Crippen molar-refractivity contribution in [3.63, 3.8) is 0 Å². The molecule has 1 aliphatic rings. The summed E-state index contributed by atoms with van der Waals surface area (Å²) in [6.07, 6.45) is 2.15. The van der Waals surface area contributed by atoms with Gasteiger partial charge in [-0.15, -0.1) is 0 Å². The minimum atomic E-state index is 0.00115. The summed E-state index contributed by atoms with van der Waals surface area (Å²) >= 11 is 0. The first-order valence-corrected chi connectivity index (χ1v) is 5.04. The third-order valence-electron chi connectivity index (χ3n) is 2.99. The van der Waals surface area contributed by atoms with Gasteiger partial charge in [-0.1, -0.05) is 6.08 Å². The van der Waals surface area contributed by atoms with E-state index in [0.29, 0.717) is 5.56 Å². The monoisotopic (exact) mass is 198 g/mol. The quantitative estimate of drug-likeness (QED) is 0.695. The van der Waals surface area contributed by atoms with Gasteiger partial charge in [0.15, 0.2) is 0 Å². The van der Waals surface area contributed by atoms with Gasteiger partial charge in [0.2, 0.25) is 0 Å². The minimum Gasteiger partial charge on any atom is -0.376 e. The van der Waals surface area contributed by atoms with Gasteiger partial charge in [-0.2, -0.15) is 5.26 Å². The zero-order chi connectivity index (χ0) is 11.1. The summed E-state index contributed by atoms with van der Waals surface area (Å²) in [7, 11) is 0. The largest absolute Gasteiger partial charge is 0.376 e.